The molecule has 0 aromatic carbocycles. The molecule has 0 aliphatic carbocycles. The van der Waals surface area contributed by atoms with Crippen molar-refractivity contribution in [1.82, 2.24) is 14.3 Å². The Labute approximate surface area is 126 Å². The predicted molar refractivity (Wildman–Crippen MR) is 79.8 cm³/mol. The van der Waals surface area contributed by atoms with Crippen LogP contribution in [0.25, 0.3) is 0 Å². The molecule has 1 atom stereocenters. The predicted octanol–water partition coefficient (Wildman–Crippen LogP) is 1.67. The molecule has 1 aliphatic heterocycles. The fraction of sp³-hybridized carbons (Fsp3) is 0.385. The van der Waals surface area contributed by atoms with Crippen molar-refractivity contribution in [3.63, 3.8) is 0 Å². The van der Waals surface area contributed by atoms with E-state index in [2.05, 4.69) is 9.97 Å². The Morgan fingerprint density at radius 1 is 1.48 bits per heavy atom. The molecule has 8 heteroatoms. The first-order valence-corrected chi connectivity index (χ1v) is 8.87. The minimum atomic E-state index is -3.65. The van der Waals surface area contributed by atoms with Crippen LogP contribution in [0.2, 0.25) is 0 Å². The molecular weight excluding hydrogens is 310 g/mol. The highest BCUT2D eigenvalue weighted by Gasteiger charge is 2.38. The van der Waals surface area contributed by atoms with Crippen LogP contribution in [0.1, 0.15) is 30.1 Å². The average Bonchev–Trinajstić information content (AvgIpc) is 3.07. The van der Waals surface area contributed by atoms with Gasteiger partial charge in [-0.2, -0.15) is 4.31 Å². The van der Waals surface area contributed by atoms with Crippen LogP contribution in [0, 0.1) is 6.92 Å². The standard InChI is InChI=1S/C13H15N3O3S2/c1-9-12(20-13(17)15-9)21(18,19)16-7-3-5-11(16)10-4-2-6-14-8-10/h2,4,6,8,11H,3,5,7H2,1H3,(H,15,17). The number of sulfonamides is 1. The molecule has 0 bridgehead atoms. The number of aromatic amines is 1. The Morgan fingerprint density at radius 2 is 2.29 bits per heavy atom. The third-order valence-electron chi connectivity index (χ3n) is 3.60. The zero-order valence-electron chi connectivity index (χ0n) is 11.4. The smallest absolute Gasteiger partial charge is 0.305 e. The van der Waals surface area contributed by atoms with Crippen LogP contribution in [0.5, 0.6) is 0 Å². The van der Waals surface area contributed by atoms with Crippen molar-refractivity contribution in [3.8, 4) is 0 Å². The average molecular weight is 325 g/mol. The second kappa shape index (κ2) is 5.36. The van der Waals surface area contributed by atoms with Gasteiger partial charge in [0.25, 0.3) is 10.0 Å². The molecule has 1 unspecified atom stereocenters. The van der Waals surface area contributed by atoms with E-state index in [9.17, 15) is 13.2 Å². The Bertz CT molecular complexity index is 796. The molecule has 21 heavy (non-hydrogen) atoms. The molecule has 2 aromatic rings. The minimum absolute atomic E-state index is 0.114. The van der Waals surface area contributed by atoms with E-state index in [0.29, 0.717) is 12.2 Å². The maximum absolute atomic E-state index is 12.8. The highest BCUT2D eigenvalue weighted by Crippen LogP contribution is 2.37. The SMILES string of the molecule is Cc1[nH]c(=O)sc1S(=O)(=O)N1CCCC1c1cccnc1. The number of pyridine rings is 1. The van der Waals surface area contributed by atoms with Crippen molar-refractivity contribution in [2.24, 2.45) is 0 Å². The zero-order valence-corrected chi connectivity index (χ0v) is 13.1. The van der Waals surface area contributed by atoms with E-state index in [1.165, 1.54) is 4.31 Å². The molecule has 6 nitrogen and oxygen atoms in total. The molecule has 1 saturated heterocycles. The maximum Gasteiger partial charge on any atom is 0.305 e. The van der Waals surface area contributed by atoms with E-state index >= 15 is 0 Å². The second-order valence-electron chi connectivity index (χ2n) is 4.99. The normalized spacial score (nSPS) is 20.0. The van der Waals surface area contributed by atoms with Gasteiger partial charge in [0.1, 0.15) is 0 Å². The molecule has 1 N–H and O–H groups in total. The maximum atomic E-state index is 12.8. The summed E-state index contributed by atoms with van der Waals surface area (Å²) in [7, 11) is -3.65. The number of nitrogens with one attached hydrogen (secondary N) is 1. The summed E-state index contributed by atoms with van der Waals surface area (Å²) in [6.07, 6.45) is 4.94. The number of thiazole rings is 1. The summed E-state index contributed by atoms with van der Waals surface area (Å²) in [5, 5.41) is 0. The zero-order chi connectivity index (χ0) is 15.0. The lowest BCUT2D eigenvalue weighted by Gasteiger charge is -2.23. The van der Waals surface area contributed by atoms with Gasteiger partial charge >= 0.3 is 4.87 Å². The van der Waals surface area contributed by atoms with Gasteiger partial charge in [-0.1, -0.05) is 17.4 Å². The highest BCUT2D eigenvalue weighted by molar-refractivity contribution is 7.91. The van der Waals surface area contributed by atoms with Crippen molar-refractivity contribution >= 4 is 21.4 Å². The van der Waals surface area contributed by atoms with E-state index in [1.54, 1.807) is 25.4 Å². The van der Waals surface area contributed by atoms with Crippen LogP contribution in [-0.4, -0.2) is 29.2 Å². The summed E-state index contributed by atoms with van der Waals surface area (Å²) in [6.45, 7) is 2.08. The molecule has 112 valence electrons. The molecule has 1 fully saturated rings. The molecule has 3 heterocycles. The van der Waals surface area contributed by atoms with Crippen LogP contribution in [0.3, 0.4) is 0 Å². The lowest BCUT2D eigenvalue weighted by atomic mass is 10.1. The molecule has 0 saturated carbocycles. The molecule has 0 spiro atoms. The molecule has 3 rings (SSSR count). The first-order valence-electron chi connectivity index (χ1n) is 6.61. The first-order chi connectivity index (χ1) is 10.00. The van der Waals surface area contributed by atoms with Gasteiger partial charge in [0.2, 0.25) is 0 Å². The van der Waals surface area contributed by atoms with Crippen molar-refractivity contribution < 1.29 is 8.42 Å². The number of H-pyrrole nitrogens is 1. The molecule has 1 aliphatic rings. The van der Waals surface area contributed by atoms with Crippen LogP contribution in [0.15, 0.2) is 33.5 Å². The van der Waals surface area contributed by atoms with Gasteiger partial charge in [-0.05, 0) is 31.4 Å². The summed E-state index contributed by atoms with van der Waals surface area (Å²) >= 11 is 0.749. The van der Waals surface area contributed by atoms with Crippen molar-refractivity contribution in [2.75, 3.05) is 6.54 Å². The van der Waals surface area contributed by atoms with Gasteiger partial charge in [-0.25, -0.2) is 8.42 Å². The Balaban J connectivity index is 2.02. The minimum Gasteiger partial charge on any atom is -0.315 e. The molecule has 2 aromatic heterocycles. The number of hydrogen-bond acceptors (Lipinski definition) is 5. The van der Waals surface area contributed by atoms with Crippen LogP contribution < -0.4 is 4.87 Å². The van der Waals surface area contributed by atoms with E-state index in [1.807, 2.05) is 6.07 Å². The van der Waals surface area contributed by atoms with Gasteiger partial charge in [0, 0.05) is 24.6 Å². The van der Waals surface area contributed by atoms with Crippen LogP contribution in [-0.2, 0) is 10.0 Å². The summed E-state index contributed by atoms with van der Waals surface area (Å²) in [4.78, 5) is 17.7. The topological polar surface area (TPSA) is 83.1 Å². The summed E-state index contributed by atoms with van der Waals surface area (Å²) in [5.74, 6) is 0. The van der Waals surface area contributed by atoms with Gasteiger partial charge < -0.3 is 4.98 Å². The molecule has 0 radical (unpaired) electrons. The molecular formula is C13H15N3O3S2. The largest absolute Gasteiger partial charge is 0.315 e. The summed E-state index contributed by atoms with van der Waals surface area (Å²) < 4.78 is 27.2. The molecule has 0 amide bonds. The van der Waals surface area contributed by atoms with Crippen molar-refractivity contribution in [1.29, 1.82) is 0 Å². The number of rotatable bonds is 3. The van der Waals surface area contributed by atoms with Gasteiger partial charge in [-0.15, -0.1) is 0 Å². The Morgan fingerprint density at radius 3 is 2.90 bits per heavy atom. The van der Waals surface area contributed by atoms with Crippen LogP contribution in [0.4, 0.5) is 0 Å². The second-order valence-corrected chi connectivity index (χ2v) is 8.06. The van der Waals surface area contributed by atoms with Crippen LogP contribution >= 0.6 is 11.3 Å². The van der Waals surface area contributed by atoms with Gasteiger partial charge in [-0.3, -0.25) is 9.78 Å². The number of hydrogen-bond donors (Lipinski definition) is 1. The first kappa shape index (κ1) is 14.4. The van der Waals surface area contributed by atoms with Crippen molar-refractivity contribution in [2.45, 2.75) is 30.0 Å². The quantitative estimate of drug-likeness (QED) is 0.930. The Hall–Kier alpha value is -1.51. The van der Waals surface area contributed by atoms with E-state index in [0.717, 1.165) is 29.7 Å². The number of aryl methyl sites for hydroxylation is 1. The van der Waals surface area contributed by atoms with E-state index in [4.69, 9.17) is 0 Å². The van der Waals surface area contributed by atoms with Crippen molar-refractivity contribution in [3.05, 3.63) is 45.5 Å². The lowest BCUT2D eigenvalue weighted by molar-refractivity contribution is 0.397. The highest BCUT2D eigenvalue weighted by atomic mass is 32.2. The summed E-state index contributed by atoms with van der Waals surface area (Å²) in [5.41, 5.74) is 1.29. The lowest BCUT2D eigenvalue weighted by Crippen LogP contribution is -2.30. The Kier molecular flexibility index (Phi) is 3.68. The fourth-order valence-electron chi connectivity index (χ4n) is 2.68. The van der Waals surface area contributed by atoms with Gasteiger partial charge in [0.15, 0.2) is 4.21 Å². The van der Waals surface area contributed by atoms with Gasteiger partial charge in [0.05, 0.1) is 6.04 Å². The van der Waals surface area contributed by atoms with E-state index in [-0.39, 0.29) is 15.1 Å². The summed E-state index contributed by atoms with van der Waals surface area (Å²) in [6, 6.07) is 3.48. The fourth-order valence-corrected chi connectivity index (χ4v) is 5.77. The third kappa shape index (κ3) is 2.54. The van der Waals surface area contributed by atoms with E-state index < -0.39 is 10.0 Å². The number of aromatic nitrogens is 2. The number of nitrogens with zero attached hydrogens (tertiary/aromatic N) is 2. The monoisotopic (exact) mass is 325 g/mol. The third-order valence-corrected chi connectivity index (χ3v) is 7.09.